The maximum Gasteiger partial charge on any atom is 0.253 e. The van der Waals surface area contributed by atoms with Crippen LogP contribution in [0.25, 0.3) is 10.8 Å². The van der Waals surface area contributed by atoms with Crippen LogP contribution in [-0.4, -0.2) is 17.4 Å². The molecule has 2 aromatic rings. The predicted octanol–water partition coefficient (Wildman–Crippen LogP) is 4.05. The van der Waals surface area contributed by atoms with Crippen molar-refractivity contribution in [3.63, 3.8) is 0 Å². The lowest BCUT2D eigenvalue weighted by Crippen LogP contribution is -2.32. The predicted molar refractivity (Wildman–Crippen MR) is 85.6 cm³/mol. The number of aromatic nitrogens is 1. The zero-order valence-corrected chi connectivity index (χ0v) is 13.1. The summed E-state index contributed by atoms with van der Waals surface area (Å²) in [5.74, 6) is 0.528. The molecule has 21 heavy (non-hydrogen) atoms. The summed E-state index contributed by atoms with van der Waals surface area (Å²) < 4.78 is 0. The molecule has 0 spiro atoms. The number of hydrogen-bond donors (Lipinski definition) is 1. The Morgan fingerprint density at radius 3 is 2.62 bits per heavy atom. The molecule has 3 rings (SSSR count). The Morgan fingerprint density at radius 2 is 2.00 bits per heavy atom. The van der Waals surface area contributed by atoms with E-state index in [9.17, 15) is 4.79 Å². The third-order valence-electron chi connectivity index (χ3n) is 4.71. The minimum absolute atomic E-state index is 0.0673. The smallest absolute Gasteiger partial charge is 0.253 e. The summed E-state index contributed by atoms with van der Waals surface area (Å²) in [5.41, 5.74) is 0.889. The molecule has 1 saturated carbocycles. The van der Waals surface area contributed by atoms with Crippen LogP contribution >= 0.6 is 11.6 Å². The minimum Gasteiger partial charge on any atom is -0.351 e. The Labute approximate surface area is 129 Å². The van der Waals surface area contributed by atoms with Gasteiger partial charge in [-0.15, -0.1) is 0 Å². The van der Waals surface area contributed by atoms with Gasteiger partial charge in [-0.2, -0.15) is 0 Å². The van der Waals surface area contributed by atoms with Crippen LogP contribution in [0, 0.1) is 11.3 Å². The lowest BCUT2D eigenvalue weighted by molar-refractivity contribution is 0.0941. The van der Waals surface area contributed by atoms with E-state index < -0.39 is 0 Å². The Balaban J connectivity index is 1.84. The van der Waals surface area contributed by atoms with E-state index in [2.05, 4.69) is 24.1 Å². The average molecular weight is 303 g/mol. The first-order valence-corrected chi connectivity index (χ1v) is 7.73. The Morgan fingerprint density at radius 1 is 1.33 bits per heavy atom. The van der Waals surface area contributed by atoms with E-state index in [4.69, 9.17) is 11.6 Å². The average Bonchev–Trinajstić information content (AvgIpc) is 3.27. The van der Waals surface area contributed by atoms with Crippen LogP contribution in [0.15, 0.2) is 30.5 Å². The normalized spacial score (nSPS) is 16.2. The van der Waals surface area contributed by atoms with E-state index >= 15 is 0 Å². The topological polar surface area (TPSA) is 42.0 Å². The van der Waals surface area contributed by atoms with Gasteiger partial charge in [-0.25, -0.2) is 4.98 Å². The number of amides is 1. The molecule has 0 atom stereocenters. The first kappa shape index (κ1) is 14.3. The number of pyridine rings is 1. The molecule has 1 aliphatic carbocycles. The van der Waals surface area contributed by atoms with Gasteiger partial charge in [0.1, 0.15) is 5.15 Å². The van der Waals surface area contributed by atoms with Crippen LogP contribution in [-0.2, 0) is 0 Å². The Bertz CT molecular complexity index is 692. The van der Waals surface area contributed by atoms with E-state index in [1.807, 2.05) is 24.3 Å². The summed E-state index contributed by atoms with van der Waals surface area (Å²) in [6, 6.07) is 7.60. The zero-order valence-electron chi connectivity index (χ0n) is 12.3. The second-order valence-electron chi connectivity index (χ2n) is 6.21. The summed E-state index contributed by atoms with van der Waals surface area (Å²) in [5, 5.41) is 5.17. The van der Waals surface area contributed by atoms with Crippen molar-refractivity contribution in [3.8, 4) is 0 Å². The van der Waals surface area contributed by atoms with Gasteiger partial charge in [0.05, 0.1) is 5.56 Å². The van der Waals surface area contributed by atoms with Crippen LogP contribution in [0.3, 0.4) is 0 Å². The second kappa shape index (κ2) is 5.30. The second-order valence-corrected chi connectivity index (χ2v) is 6.57. The molecular weight excluding hydrogens is 284 g/mol. The summed E-state index contributed by atoms with van der Waals surface area (Å²) in [7, 11) is 0. The van der Waals surface area contributed by atoms with Crippen molar-refractivity contribution in [2.24, 2.45) is 11.3 Å². The lowest BCUT2D eigenvalue weighted by Gasteiger charge is -2.20. The van der Waals surface area contributed by atoms with Gasteiger partial charge in [0, 0.05) is 18.1 Å². The number of rotatable bonds is 4. The van der Waals surface area contributed by atoms with Gasteiger partial charge < -0.3 is 5.32 Å². The van der Waals surface area contributed by atoms with E-state index in [-0.39, 0.29) is 5.91 Å². The highest BCUT2D eigenvalue weighted by Crippen LogP contribution is 2.51. The largest absolute Gasteiger partial charge is 0.351 e. The molecule has 1 fully saturated rings. The maximum absolute atomic E-state index is 12.5. The molecule has 1 N–H and O–H groups in total. The monoisotopic (exact) mass is 302 g/mol. The van der Waals surface area contributed by atoms with Crippen molar-refractivity contribution in [1.82, 2.24) is 10.3 Å². The molecule has 0 radical (unpaired) electrons. The van der Waals surface area contributed by atoms with Crippen LogP contribution in [0.2, 0.25) is 5.15 Å². The van der Waals surface area contributed by atoms with Gasteiger partial charge in [-0.05, 0) is 29.6 Å². The van der Waals surface area contributed by atoms with E-state index in [0.717, 1.165) is 17.3 Å². The van der Waals surface area contributed by atoms with Crippen molar-refractivity contribution in [3.05, 3.63) is 41.2 Å². The molecule has 3 nitrogen and oxygen atoms in total. The molecule has 1 aliphatic rings. The summed E-state index contributed by atoms with van der Waals surface area (Å²) in [4.78, 5) is 16.6. The van der Waals surface area contributed by atoms with Gasteiger partial charge in [-0.1, -0.05) is 49.7 Å². The van der Waals surface area contributed by atoms with E-state index in [0.29, 0.717) is 22.0 Å². The van der Waals surface area contributed by atoms with Gasteiger partial charge in [0.25, 0.3) is 5.91 Å². The first-order valence-electron chi connectivity index (χ1n) is 7.35. The molecule has 1 aromatic carbocycles. The molecule has 0 saturated heterocycles. The van der Waals surface area contributed by atoms with Crippen molar-refractivity contribution < 1.29 is 4.79 Å². The number of carbonyl (C=O) groups excluding carboxylic acids is 1. The number of hydrogen-bond acceptors (Lipinski definition) is 2. The number of nitrogens with one attached hydrogen (secondary N) is 1. The standard InChI is InChI=1S/C17H19ClN2O/c1-11(2)17(7-8-17)10-20-16(21)14-9-19-15(18)13-6-4-3-5-12(13)14/h3-6,9,11H,7-8,10H2,1-2H3,(H,20,21). The molecule has 0 bridgehead atoms. The lowest BCUT2D eigenvalue weighted by atomic mass is 9.92. The third-order valence-corrected chi connectivity index (χ3v) is 5.01. The number of nitrogens with zero attached hydrogens (tertiary/aromatic N) is 1. The van der Waals surface area contributed by atoms with Crippen LogP contribution in [0.4, 0.5) is 0 Å². The highest BCUT2D eigenvalue weighted by molar-refractivity contribution is 6.34. The SMILES string of the molecule is CC(C)C1(CNC(=O)c2cnc(Cl)c3ccccc23)CC1. The molecular formula is C17H19ClN2O. The van der Waals surface area contributed by atoms with Gasteiger partial charge in [0.2, 0.25) is 0 Å². The molecule has 110 valence electrons. The highest BCUT2D eigenvalue weighted by atomic mass is 35.5. The van der Waals surface area contributed by atoms with E-state index in [1.165, 1.54) is 12.8 Å². The van der Waals surface area contributed by atoms with E-state index in [1.54, 1.807) is 6.20 Å². The zero-order chi connectivity index (χ0) is 15.0. The molecule has 1 amide bonds. The quantitative estimate of drug-likeness (QED) is 0.866. The number of fused-ring (bicyclic) bond motifs is 1. The maximum atomic E-state index is 12.5. The first-order chi connectivity index (χ1) is 10.0. The van der Waals surface area contributed by atoms with Crippen molar-refractivity contribution in [1.29, 1.82) is 0 Å². The fourth-order valence-electron chi connectivity index (χ4n) is 2.81. The van der Waals surface area contributed by atoms with Gasteiger partial charge >= 0.3 is 0 Å². The van der Waals surface area contributed by atoms with Crippen molar-refractivity contribution in [2.75, 3.05) is 6.54 Å². The molecule has 4 heteroatoms. The van der Waals surface area contributed by atoms with Crippen molar-refractivity contribution >= 4 is 28.3 Å². The van der Waals surface area contributed by atoms with Crippen LogP contribution in [0.1, 0.15) is 37.0 Å². The Hall–Kier alpha value is -1.61. The van der Waals surface area contributed by atoms with Crippen LogP contribution < -0.4 is 5.32 Å². The summed E-state index contributed by atoms with van der Waals surface area (Å²) in [6.07, 6.45) is 3.96. The number of halogens is 1. The minimum atomic E-state index is -0.0673. The van der Waals surface area contributed by atoms with Gasteiger partial charge in [0.15, 0.2) is 0 Å². The number of benzene rings is 1. The van der Waals surface area contributed by atoms with Crippen molar-refractivity contribution in [2.45, 2.75) is 26.7 Å². The Kier molecular flexibility index (Phi) is 3.62. The molecule has 0 unspecified atom stereocenters. The fraction of sp³-hybridized carbons (Fsp3) is 0.412. The summed E-state index contributed by atoms with van der Waals surface area (Å²) in [6.45, 7) is 5.18. The molecule has 0 aliphatic heterocycles. The number of carbonyl (C=O) groups is 1. The fourth-order valence-corrected chi connectivity index (χ4v) is 3.02. The van der Waals surface area contributed by atoms with Gasteiger partial charge in [-0.3, -0.25) is 4.79 Å². The summed E-state index contributed by atoms with van der Waals surface area (Å²) >= 11 is 6.09. The van der Waals surface area contributed by atoms with Crippen LogP contribution in [0.5, 0.6) is 0 Å². The molecule has 1 heterocycles. The highest BCUT2D eigenvalue weighted by Gasteiger charge is 2.45. The molecule has 1 aromatic heterocycles. The third kappa shape index (κ3) is 2.62.